The Bertz CT molecular complexity index is 3590. The van der Waals surface area contributed by atoms with E-state index in [2.05, 4.69) is 241 Å². The van der Waals surface area contributed by atoms with Crippen LogP contribution in [0.3, 0.4) is 0 Å². The second-order valence-corrected chi connectivity index (χ2v) is 17.4. The number of benzene rings is 10. The van der Waals surface area contributed by atoms with Gasteiger partial charge in [0.2, 0.25) is 0 Å². The molecule has 1 aromatic heterocycles. The first-order valence-electron chi connectivity index (χ1n) is 22.3. The maximum atomic E-state index is 6.96. The van der Waals surface area contributed by atoms with Gasteiger partial charge in [-0.15, -0.1) is 0 Å². The molecule has 0 unspecified atom stereocenters. The third-order valence-electron chi connectivity index (χ3n) is 14.6. The van der Waals surface area contributed by atoms with Gasteiger partial charge in [-0.05, 0) is 103 Å². The summed E-state index contributed by atoms with van der Waals surface area (Å²) in [7, 11) is 0. The standard InChI is InChI=1S/C62H39NO/c1-3-19-40(20-4-1)61(41-21-5-2-6-22-41)53-32-15-10-27-49(53)59-54(61)33-18-34-56(59)63(57-35-17-28-48-47-26-11-16-36-58(47)64-60(48)57)42-37-38-46-45-25-9-14-31-52(45)62(55(46)39-42)50-29-12-7-23-43(50)44-24-8-13-30-51(44)62/h1-39H. The number of nitrogens with zero attached hydrogens (tertiary/aromatic N) is 1. The molecule has 298 valence electrons. The lowest BCUT2D eigenvalue weighted by atomic mass is 9.68. The molecule has 0 fully saturated rings. The van der Waals surface area contributed by atoms with Gasteiger partial charge in [-0.1, -0.05) is 206 Å². The van der Waals surface area contributed by atoms with Crippen molar-refractivity contribution >= 4 is 39.0 Å². The zero-order chi connectivity index (χ0) is 42.0. The van der Waals surface area contributed by atoms with Gasteiger partial charge in [0.05, 0.1) is 22.2 Å². The Labute approximate surface area is 372 Å². The average molecular weight is 814 g/mol. The summed E-state index contributed by atoms with van der Waals surface area (Å²) in [6, 6.07) is 87.6. The van der Waals surface area contributed by atoms with E-state index in [0.717, 1.165) is 39.0 Å². The predicted molar refractivity (Wildman–Crippen MR) is 262 cm³/mol. The highest BCUT2D eigenvalue weighted by molar-refractivity contribution is 6.11. The SMILES string of the molecule is c1ccc(C2(c3ccccc3)c3ccccc3-c3c(N(c4ccc5c(c4)C4(c6ccccc6-c6ccccc64)c4ccccc4-5)c4cccc5c4oc4ccccc45)cccc32)cc1. The minimum atomic E-state index is -0.553. The predicted octanol–water partition coefficient (Wildman–Crippen LogP) is 15.8. The summed E-state index contributed by atoms with van der Waals surface area (Å²) in [6.07, 6.45) is 0. The van der Waals surface area contributed by atoms with E-state index >= 15 is 0 Å². The van der Waals surface area contributed by atoms with E-state index in [1.807, 2.05) is 0 Å². The van der Waals surface area contributed by atoms with Crippen molar-refractivity contribution in [2.75, 3.05) is 4.90 Å². The summed E-state index contributed by atoms with van der Waals surface area (Å²) < 4.78 is 6.96. The van der Waals surface area contributed by atoms with Crippen LogP contribution in [0.5, 0.6) is 0 Å². The summed E-state index contributed by atoms with van der Waals surface area (Å²) >= 11 is 0. The largest absolute Gasteiger partial charge is 0.454 e. The fourth-order valence-electron chi connectivity index (χ4n) is 12.2. The van der Waals surface area contributed by atoms with E-state index in [4.69, 9.17) is 4.42 Å². The van der Waals surface area contributed by atoms with Crippen molar-refractivity contribution in [3.05, 3.63) is 281 Å². The maximum absolute atomic E-state index is 6.96. The van der Waals surface area contributed by atoms with Crippen molar-refractivity contribution in [1.82, 2.24) is 0 Å². The van der Waals surface area contributed by atoms with Crippen molar-refractivity contribution in [3.8, 4) is 33.4 Å². The molecular formula is C62H39NO. The van der Waals surface area contributed by atoms with E-state index in [-0.39, 0.29) is 0 Å². The van der Waals surface area contributed by atoms with Gasteiger partial charge in [0.1, 0.15) is 5.58 Å². The summed E-state index contributed by atoms with van der Waals surface area (Å²) in [6.45, 7) is 0. The highest BCUT2D eigenvalue weighted by atomic mass is 16.3. The first-order valence-corrected chi connectivity index (χ1v) is 22.3. The van der Waals surface area contributed by atoms with Gasteiger partial charge in [-0.3, -0.25) is 0 Å². The molecule has 0 aliphatic heterocycles. The number of furan rings is 1. The van der Waals surface area contributed by atoms with Crippen molar-refractivity contribution < 1.29 is 4.42 Å². The molecule has 2 heteroatoms. The van der Waals surface area contributed by atoms with Crippen molar-refractivity contribution in [3.63, 3.8) is 0 Å². The number of hydrogen-bond donors (Lipinski definition) is 0. The molecule has 0 N–H and O–H groups in total. The van der Waals surface area contributed by atoms with Crippen LogP contribution in [0, 0.1) is 0 Å². The molecule has 1 heterocycles. The van der Waals surface area contributed by atoms with E-state index in [1.165, 1.54) is 77.9 Å². The molecule has 1 spiro atoms. The lowest BCUT2D eigenvalue weighted by Gasteiger charge is -2.35. The summed E-state index contributed by atoms with van der Waals surface area (Å²) in [4.78, 5) is 2.50. The van der Waals surface area contributed by atoms with Crippen molar-refractivity contribution in [2.24, 2.45) is 0 Å². The van der Waals surface area contributed by atoms with E-state index in [9.17, 15) is 0 Å². The summed E-state index contributed by atoms with van der Waals surface area (Å²) in [5.41, 5.74) is 21.7. The zero-order valence-electron chi connectivity index (χ0n) is 34.9. The Morgan fingerprint density at radius 3 is 1.42 bits per heavy atom. The topological polar surface area (TPSA) is 16.4 Å². The minimum Gasteiger partial charge on any atom is -0.454 e. The average Bonchev–Trinajstić information content (AvgIpc) is 4.08. The van der Waals surface area contributed by atoms with Gasteiger partial charge in [0.25, 0.3) is 0 Å². The number of para-hydroxylation sites is 2. The molecule has 0 saturated carbocycles. The molecule has 0 bridgehead atoms. The molecule has 0 radical (unpaired) electrons. The Balaban J connectivity index is 1.11. The van der Waals surface area contributed by atoms with Gasteiger partial charge in [-0.25, -0.2) is 0 Å². The van der Waals surface area contributed by atoms with Crippen LogP contribution in [0.2, 0.25) is 0 Å². The molecule has 64 heavy (non-hydrogen) atoms. The summed E-state index contributed by atoms with van der Waals surface area (Å²) in [5, 5.41) is 2.20. The lowest BCUT2D eigenvalue weighted by Crippen LogP contribution is -2.28. The second kappa shape index (κ2) is 13.2. The van der Waals surface area contributed by atoms with Crippen LogP contribution in [0.4, 0.5) is 17.1 Å². The van der Waals surface area contributed by atoms with Gasteiger partial charge in [-0.2, -0.15) is 0 Å². The van der Waals surface area contributed by atoms with Gasteiger partial charge in [0, 0.05) is 22.0 Å². The Morgan fingerprint density at radius 1 is 0.312 bits per heavy atom. The fraction of sp³-hybridized carbons (Fsp3) is 0.0323. The monoisotopic (exact) mass is 813 g/mol. The van der Waals surface area contributed by atoms with Gasteiger partial charge < -0.3 is 9.32 Å². The molecule has 0 saturated heterocycles. The van der Waals surface area contributed by atoms with E-state index in [1.54, 1.807) is 0 Å². The molecule has 3 aliphatic carbocycles. The normalized spacial score (nSPS) is 14.2. The second-order valence-electron chi connectivity index (χ2n) is 17.4. The van der Waals surface area contributed by atoms with E-state index in [0.29, 0.717) is 0 Å². The van der Waals surface area contributed by atoms with Crippen LogP contribution < -0.4 is 4.90 Å². The van der Waals surface area contributed by atoms with Crippen LogP contribution in [-0.2, 0) is 10.8 Å². The molecule has 0 atom stereocenters. The first kappa shape index (κ1) is 35.4. The number of anilines is 3. The van der Waals surface area contributed by atoms with Gasteiger partial charge >= 0.3 is 0 Å². The highest BCUT2D eigenvalue weighted by Crippen LogP contribution is 2.64. The lowest BCUT2D eigenvalue weighted by molar-refractivity contribution is 0.669. The Morgan fingerprint density at radius 2 is 0.781 bits per heavy atom. The Kier molecular flexibility index (Phi) is 7.28. The highest BCUT2D eigenvalue weighted by Gasteiger charge is 2.52. The zero-order valence-corrected chi connectivity index (χ0v) is 34.9. The van der Waals surface area contributed by atoms with Crippen molar-refractivity contribution in [2.45, 2.75) is 10.8 Å². The molecule has 3 aliphatic rings. The van der Waals surface area contributed by atoms with Gasteiger partial charge in [0.15, 0.2) is 5.58 Å². The third-order valence-corrected chi connectivity index (χ3v) is 14.6. The summed E-state index contributed by atoms with van der Waals surface area (Å²) in [5.74, 6) is 0. The maximum Gasteiger partial charge on any atom is 0.159 e. The third kappa shape index (κ3) is 4.44. The number of hydrogen-bond acceptors (Lipinski definition) is 2. The molecule has 2 nitrogen and oxygen atoms in total. The fourth-order valence-corrected chi connectivity index (χ4v) is 12.2. The van der Waals surface area contributed by atoms with E-state index < -0.39 is 10.8 Å². The molecular weight excluding hydrogens is 775 g/mol. The molecule has 14 rings (SSSR count). The molecule has 10 aromatic carbocycles. The first-order chi connectivity index (χ1) is 31.8. The minimum absolute atomic E-state index is 0.493. The van der Waals surface area contributed by atoms with Crippen LogP contribution in [-0.4, -0.2) is 0 Å². The quantitative estimate of drug-likeness (QED) is 0.172. The molecule has 0 amide bonds. The Hall–Kier alpha value is -8.20. The number of rotatable bonds is 5. The smallest absolute Gasteiger partial charge is 0.159 e. The van der Waals surface area contributed by atoms with Crippen LogP contribution in [0.15, 0.2) is 241 Å². The van der Waals surface area contributed by atoms with Crippen LogP contribution in [0.25, 0.3) is 55.3 Å². The van der Waals surface area contributed by atoms with Crippen LogP contribution in [0.1, 0.15) is 44.5 Å². The van der Waals surface area contributed by atoms with Crippen LogP contribution >= 0.6 is 0 Å². The van der Waals surface area contributed by atoms with Crippen molar-refractivity contribution in [1.29, 1.82) is 0 Å². The number of fused-ring (bicyclic) bond motifs is 16. The molecule has 11 aromatic rings.